The van der Waals surface area contributed by atoms with Gasteiger partial charge in [0.15, 0.2) is 0 Å². The summed E-state index contributed by atoms with van der Waals surface area (Å²) in [6, 6.07) is 1.80. The van der Waals surface area contributed by atoms with Crippen LogP contribution in [0.15, 0.2) is 18.5 Å². The molecule has 0 unspecified atom stereocenters. The summed E-state index contributed by atoms with van der Waals surface area (Å²) in [6.07, 6.45) is 6.65. The maximum atomic E-state index is 12.9. The summed E-state index contributed by atoms with van der Waals surface area (Å²) in [4.78, 5) is 14.7. The Kier molecular flexibility index (Phi) is 3.53. The lowest BCUT2D eigenvalue weighted by atomic mass is 9.86. The maximum Gasteiger partial charge on any atom is 0.250 e. The molecular weight excluding hydrogens is 292 g/mol. The molecule has 7 nitrogen and oxygen atoms in total. The minimum Gasteiger partial charge on any atom is -0.340 e. The average molecular weight is 312 g/mol. The molecule has 0 spiro atoms. The van der Waals surface area contributed by atoms with Gasteiger partial charge in [-0.3, -0.25) is 9.48 Å². The Morgan fingerprint density at radius 3 is 2.29 bits per heavy atom. The highest BCUT2D eigenvalue weighted by Gasteiger charge is 2.47. The minimum atomic E-state index is -3.20. The van der Waals surface area contributed by atoms with Crippen LogP contribution in [0.4, 0.5) is 0 Å². The molecule has 1 amide bonds. The van der Waals surface area contributed by atoms with E-state index in [1.54, 1.807) is 23.1 Å². The molecule has 0 saturated carbocycles. The van der Waals surface area contributed by atoms with Gasteiger partial charge in [0.1, 0.15) is 5.54 Å². The molecule has 0 radical (unpaired) electrons. The van der Waals surface area contributed by atoms with Crippen LogP contribution in [-0.4, -0.2) is 65.7 Å². The lowest BCUT2D eigenvalue weighted by Gasteiger charge is -2.44. The zero-order valence-corrected chi connectivity index (χ0v) is 12.9. The molecule has 3 rings (SSSR count). The van der Waals surface area contributed by atoms with Crippen LogP contribution in [-0.2, 0) is 20.4 Å². The monoisotopic (exact) mass is 312 g/mol. The van der Waals surface area contributed by atoms with Crippen molar-refractivity contribution >= 4 is 15.9 Å². The lowest BCUT2D eigenvalue weighted by molar-refractivity contribution is -0.147. The van der Waals surface area contributed by atoms with E-state index in [1.165, 1.54) is 10.6 Å². The molecular formula is C13H20N4O3S. The van der Waals surface area contributed by atoms with E-state index < -0.39 is 15.6 Å². The zero-order valence-electron chi connectivity index (χ0n) is 12.1. The van der Waals surface area contributed by atoms with Gasteiger partial charge in [-0.05, 0) is 25.3 Å². The van der Waals surface area contributed by atoms with Crippen molar-refractivity contribution in [3.63, 3.8) is 0 Å². The number of carbonyl (C=O) groups is 1. The first-order chi connectivity index (χ1) is 9.93. The van der Waals surface area contributed by atoms with Gasteiger partial charge in [0.05, 0.1) is 6.26 Å². The van der Waals surface area contributed by atoms with E-state index in [0.29, 0.717) is 25.9 Å². The van der Waals surface area contributed by atoms with Gasteiger partial charge in [-0.25, -0.2) is 12.7 Å². The number of rotatable bonds is 3. The number of amides is 1. The van der Waals surface area contributed by atoms with E-state index in [0.717, 1.165) is 19.5 Å². The molecule has 2 fully saturated rings. The van der Waals surface area contributed by atoms with Gasteiger partial charge in [0.25, 0.3) is 5.91 Å². The predicted molar refractivity (Wildman–Crippen MR) is 77.0 cm³/mol. The SMILES string of the molecule is CS(=O)(=O)N1CCC(C(=O)N2CCC2)(n2cccn2)CC1. The Morgan fingerprint density at radius 2 is 1.86 bits per heavy atom. The van der Waals surface area contributed by atoms with E-state index in [-0.39, 0.29) is 5.91 Å². The van der Waals surface area contributed by atoms with Gasteiger partial charge in [-0.2, -0.15) is 5.10 Å². The van der Waals surface area contributed by atoms with Crippen molar-refractivity contribution in [1.29, 1.82) is 0 Å². The first-order valence-corrected chi connectivity index (χ1v) is 9.03. The van der Waals surface area contributed by atoms with Gasteiger partial charge in [-0.15, -0.1) is 0 Å². The number of carbonyl (C=O) groups excluding carboxylic acids is 1. The van der Waals surface area contributed by atoms with E-state index in [2.05, 4.69) is 5.10 Å². The third-order valence-corrected chi connectivity index (χ3v) is 5.81. The average Bonchev–Trinajstić information content (AvgIpc) is 2.89. The Morgan fingerprint density at radius 1 is 1.19 bits per heavy atom. The third kappa shape index (κ3) is 2.46. The molecule has 0 N–H and O–H groups in total. The maximum absolute atomic E-state index is 12.9. The highest BCUT2D eigenvalue weighted by Crippen LogP contribution is 2.33. The molecule has 3 heterocycles. The van der Waals surface area contributed by atoms with Crippen LogP contribution < -0.4 is 0 Å². The van der Waals surface area contributed by atoms with Gasteiger partial charge < -0.3 is 4.90 Å². The largest absolute Gasteiger partial charge is 0.340 e. The predicted octanol–water partition coefficient (Wildman–Crippen LogP) is -0.134. The molecule has 0 aliphatic carbocycles. The summed E-state index contributed by atoms with van der Waals surface area (Å²) in [7, 11) is -3.20. The van der Waals surface area contributed by atoms with E-state index in [1.807, 2.05) is 4.90 Å². The van der Waals surface area contributed by atoms with Crippen LogP contribution >= 0.6 is 0 Å². The van der Waals surface area contributed by atoms with Crippen LogP contribution in [0.1, 0.15) is 19.3 Å². The number of hydrogen-bond donors (Lipinski definition) is 0. The van der Waals surface area contributed by atoms with Gasteiger partial charge >= 0.3 is 0 Å². The number of likely N-dealkylation sites (tertiary alicyclic amines) is 1. The molecule has 21 heavy (non-hydrogen) atoms. The molecule has 0 atom stereocenters. The normalized spacial score (nSPS) is 22.8. The Hall–Kier alpha value is -1.41. The molecule has 8 heteroatoms. The van der Waals surface area contributed by atoms with Crippen LogP contribution in [0.25, 0.3) is 0 Å². The number of nitrogens with zero attached hydrogens (tertiary/aromatic N) is 4. The number of aromatic nitrogens is 2. The standard InChI is InChI=1S/C13H20N4O3S/c1-21(19,20)16-10-4-13(5-11-16,17-9-2-6-14-17)12(18)15-7-3-8-15/h2,6,9H,3-5,7-8,10-11H2,1H3. The van der Waals surface area contributed by atoms with Crippen LogP contribution in [0, 0.1) is 0 Å². The van der Waals surface area contributed by atoms with Gasteiger partial charge in [0, 0.05) is 38.6 Å². The van der Waals surface area contributed by atoms with Crippen molar-refractivity contribution in [2.24, 2.45) is 0 Å². The lowest BCUT2D eigenvalue weighted by Crippen LogP contribution is -2.59. The van der Waals surface area contributed by atoms with Crippen molar-refractivity contribution in [3.8, 4) is 0 Å². The minimum absolute atomic E-state index is 0.0746. The van der Waals surface area contributed by atoms with Gasteiger partial charge in [-0.1, -0.05) is 0 Å². The van der Waals surface area contributed by atoms with Gasteiger partial charge in [0.2, 0.25) is 10.0 Å². The summed E-state index contributed by atoms with van der Waals surface area (Å²) in [6.45, 7) is 2.30. The summed E-state index contributed by atoms with van der Waals surface area (Å²) in [5.74, 6) is 0.0746. The third-order valence-electron chi connectivity index (χ3n) is 4.50. The molecule has 2 aliphatic rings. The van der Waals surface area contributed by atoms with E-state index in [9.17, 15) is 13.2 Å². The summed E-state index contributed by atoms with van der Waals surface area (Å²) in [5.41, 5.74) is -0.731. The Labute approximate surface area is 124 Å². The molecule has 0 aromatic carbocycles. The summed E-state index contributed by atoms with van der Waals surface area (Å²) < 4.78 is 26.5. The summed E-state index contributed by atoms with van der Waals surface area (Å²) in [5, 5.41) is 4.26. The van der Waals surface area contributed by atoms with Crippen molar-refractivity contribution in [3.05, 3.63) is 18.5 Å². The number of hydrogen-bond acceptors (Lipinski definition) is 4. The highest BCUT2D eigenvalue weighted by atomic mass is 32.2. The molecule has 2 aliphatic heterocycles. The van der Waals surface area contributed by atoms with E-state index in [4.69, 9.17) is 0 Å². The fourth-order valence-corrected chi connectivity index (χ4v) is 3.91. The quantitative estimate of drug-likeness (QED) is 0.779. The molecule has 0 bridgehead atoms. The fourth-order valence-electron chi connectivity index (χ4n) is 3.06. The van der Waals surface area contributed by atoms with Crippen LogP contribution in [0.3, 0.4) is 0 Å². The summed E-state index contributed by atoms with van der Waals surface area (Å²) >= 11 is 0. The number of sulfonamides is 1. The van der Waals surface area contributed by atoms with E-state index >= 15 is 0 Å². The fraction of sp³-hybridized carbons (Fsp3) is 0.692. The first-order valence-electron chi connectivity index (χ1n) is 7.18. The zero-order chi connectivity index (χ0) is 15.1. The Balaban J connectivity index is 1.87. The topological polar surface area (TPSA) is 75.5 Å². The van der Waals surface area contributed by atoms with Crippen molar-refractivity contribution in [2.45, 2.75) is 24.8 Å². The first kappa shape index (κ1) is 14.5. The second-order valence-corrected chi connectivity index (χ2v) is 7.77. The van der Waals surface area contributed by atoms with Crippen LogP contribution in [0.2, 0.25) is 0 Å². The highest BCUT2D eigenvalue weighted by molar-refractivity contribution is 7.88. The second-order valence-electron chi connectivity index (χ2n) is 5.79. The second kappa shape index (κ2) is 5.10. The molecule has 1 aromatic rings. The molecule has 1 aromatic heterocycles. The van der Waals surface area contributed by atoms with Crippen LogP contribution in [0.5, 0.6) is 0 Å². The number of piperidine rings is 1. The molecule has 116 valence electrons. The smallest absolute Gasteiger partial charge is 0.250 e. The van der Waals surface area contributed by atoms with Crippen molar-refractivity contribution in [1.82, 2.24) is 19.0 Å². The Bertz CT molecular complexity index is 614. The van der Waals surface area contributed by atoms with Crippen molar-refractivity contribution in [2.75, 3.05) is 32.4 Å². The van der Waals surface area contributed by atoms with Crippen molar-refractivity contribution < 1.29 is 13.2 Å². The molecule has 2 saturated heterocycles.